The Balaban J connectivity index is 0.00000288. The summed E-state index contributed by atoms with van der Waals surface area (Å²) in [5.41, 5.74) is -0.0218. The first kappa shape index (κ1) is 20.7. The second-order valence-electron chi connectivity index (χ2n) is 5.34. The van der Waals surface area contributed by atoms with Gasteiger partial charge in [-0.05, 0) is 31.4 Å². The minimum Gasteiger partial charge on any atom is -0.352 e. The number of piperazine rings is 1. The van der Waals surface area contributed by atoms with Crippen LogP contribution in [0.4, 0.5) is 5.69 Å². The molecule has 1 aliphatic heterocycles. The SMILES string of the molecule is CSc1ccc([N+](=O)[O-])c(C(=O)NCCCN2CCNCC2)c1.Cl. The molecule has 7 nitrogen and oxygen atoms in total. The van der Waals surface area contributed by atoms with Crippen LogP contribution < -0.4 is 10.6 Å². The van der Waals surface area contributed by atoms with Gasteiger partial charge in [-0.1, -0.05) is 0 Å². The molecule has 0 bridgehead atoms. The van der Waals surface area contributed by atoms with Crippen molar-refractivity contribution >= 4 is 35.8 Å². The van der Waals surface area contributed by atoms with Crippen LogP contribution in [0.15, 0.2) is 23.1 Å². The summed E-state index contributed by atoms with van der Waals surface area (Å²) in [5, 5.41) is 17.2. The minimum absolute atomic E-state index is 0. The maximum absolute atomic E-state index is 12.2. The first-order chi connectivity index (χ1) is 11.1. The molecule has 0 aliphatic carbocycles. The van der Waals surface area contributed by atoms with Crippen LogP contribution in [0.5, 0.6) is 0 Å². The third-order valence-electron chi connectivity index (χ3n) is 3.79. The zero-order chi connectivity index (χ0) is 16.7. The lowest BCUT2D eigenvalue weighted by Gasteiger charge is -2.27. The lowest BCUT2D eigenvalue weighted by molar-refractivity contribution is -0.385. The van der Waals surface area contributed by atoms with Crippen LogP contribution in [0.3, 0.4) is 0 Å². The first-order valence-electron chi connectivity index (χ1n) is 7.65. The van der Waals surface area contributed by atoms with E-state index in [1.807, 2.05) is 6.26 Å². The number of hydrogen-bond donors (Lipinski definition) is 2. The molecule has 0 unspecified atom stereocenters. The van der Waals surface area contributed by atoms with Gasteiger partial charge in [-0.25, -0.2) is 0 Å². The number of benzene rings is 1. The van der Waals surface area contributed by atoms with Gasteiger partial charge in [0.25, 0.3) is 11.6 Å². The summed E-state index contributed by atoms with van der Waals surface area (Å²) in [6.45, 7) is 5.49. The fourth-order valence-electron chi connectivity index (χ4n) is 2.52. The third-order valence-corrected chi connectivity index (χ3v) is 4.52. The van der Waals surface area contributed by atoms with Gasteiger partial charge in [0.05, 0.1) is 4.92 Å². The van der Waals surface area contributed by atoms with E-state index in [1.165, 1.54) is 17.8 Å². The quantitative estimate of drug-likeness (QED) is 0.327. The van der Waals surface area contributed by atoms with Crippen LogP contribution >= 0.6 is 24.2 Å². The van der Waals surface area contributed by atoms with Gasteiger partial charge in [-0.3, -0.25) is 14.9 Å². The van der Waals surface area contributed by atoms with Gasteiger partial charge in [0.1, 0.15) is 5.56 Å². The Morgan fingerprint density at radius 3 is 2.75 bits per heavy atom. The summed E-state index contributed by atoms with van der Waals surface area (Å²) in [6.07, 6.45) is 2.71. The lowest BCUT2D eigenvalue weighted by Crippen LogP contribution is -2.44. The number of carbonyl (C=O) groups is 1. The summed E-state index contributed by atoms with van der Waals surface area (Å²) < 4.78 is 0. The Hall–Kier alpha value is -1.35. The standard InChI is InChI=1S/C15H22N4O3S.ClH/c1-23-12-3-4-14(19(21)22)13(11-12)15(20)17-5-2-8-18-9-6-16-7-10-18;/h3-4,11,16H,2,5-10H2,1H3,(H,17,20);1H. The van der Waals surface area contributed by atoms with Crippen LogP contribution in [0.1, 0.15) is 16.8 Å². The number of carbonyl (C=O) groups excluding carboxylic acids is 1. The van der Waals surface area contributed by atoms with E-state index in [4.69, 9.17) is 0 Å². The molecule has 1 heterocycles. The molecule has 1 aromatic rings. The van der Waals surface area contributed by atoms with Crippen molar-refractivity contribution in [3.63, 3.8) is 0 Å². The zero-order valence-electron chi connectivity index (χ0n) is 13.6. The minimum atomic E-state index is -0.514. The monoisotopic (exact) mass is 374 g/mol. The lowest BCUT2D eigenvalue weighted by atomic mass is 10.1. The maximum atomic E-state index is 12.2. The summed E-state index contributed by atoms with van der Waals surface area (Å²) in [5.74, 6) is -0.382. The normalized spacial score (nSPS) is 14.7. The first-order valence-corrected chi connectivity index (χ1v) is 8.88. The summed E-state index contributed by atoms with van der Waals surface area (Å²) >= 11 is 1.45. The Morgan fingerprint density at radius 1 is 1.42 bits per heavy atom. The van der Waals surface area contributed by atoms with Gasteiger partial charge >= 0.3 is 0 Å². The molecule has 134 valence electrons. The second-order valence-corrected chi connectivity index (χ2v) is 6.22. The summed E-state index contributed by atoms with van der Waals surface area (Å²) in [4.78, 5) is 26.0. The van der Waals surface area contributed by atoms with Crippen LogP contribution in [0.25, 0.3) is 0 Å². The second kappa shape index (κ2) is 10.5. The highest BCUT2D eigenvalue weighted by Crippen LogP contribution is 2.24. The molecular formula is C15H23ClN4O3S. The number of amides is 1. The topological polar surface area (TPSA) is 87.5 Å². The molecule has 2 N–H and O–H groups in total. The van der Waals surface area contributed by atoms with Gasteiger partial charge in [-0.15, -0.1) is 24.2 Å². The predicted octanol–water partition coefficient (Wildman–Crippen LogP) is 1.76. The van der Waals surface area contributed by atoms with Crippen molar-refractivity contribution in [3.8, 4) is 0 Å². The van der Waals surface area contributed by atoms with Crippen LogP contribution in [-0.4, -0.2) is 61.3 Å². The average molecular weight is 375 g/mol. The van der Waals surface area contributed by atoms with Gasteiger partial charge < -0.3 is 15.5 Å². The van der Waals surface area contributed by atoms with E-state index in [0.29, 0.717) is 6.54 Å². The van der Waals surface area contributed by atoms with Crippen LogP contribution in [-0.2, 0) is 0 Å². The molecule has 0 atom stereocenters. The zero-order valence-corrected chi connectivity index (χ0v) is 15.3. The number of nitrogens with zero attached hydrogens (tertiary/aromatic N) is 2. The number of hydrogen-bond acceptors (Lipinski definition) is 6. The molecule has 2 rings (SSSR count). The molecule has 1 aliphatic rings. The van der Waals surface area contributed by atoms with E-state index in [0.717, 1.165) is 44.0 Å². The molecule has 9 heteroatoms. The fraction of sp³-hybridized carbons (Fsp3) is 0.533. The number of halogens is 1. The Bertz CT molecular complexity index is 568. The average Bonchev–Trinajstić information content (AvgIpc) is 2.58. The highest BCUT2D eigenvalue weighted by molar-refractivity contribution is 7.98. The van der Waals surface area contributed by atoms with Crippen LogP contribution in [0, 0.1) is 10.1 Å². The molecule has 0 aromatic heterocycles. The molecule has 24 heavy (non-hydrogen) atoms. The smallest absolute Gasteiger partial charge is 0.282 e. The largest absolute Gasteiger partial charge is 0.352 e. The van der Waals surface area contributed by atoms with E-state index < -0.39 is 4.92 Å². The maximum Gasteiger partial charge on any atom is 0.282 e. The van der Waals surface area contributed by atoms with Gasteiger partial charge in [0.2, 0.25) is 0 Å². The molecule has 0 radical (unpaired) electrons. The van der Waals surface area contributed by atoms with Crippen molar-refractivity contribution < 1.29 is 9.72 Å². The van der Waals surface area contributed by atoms with E-state index >= 15 is 0 Å². The van der Waals surface area contributed by atoms with Gasteiger partial charge in [0.15, 0.2) is 0 Å². The Kier molecular flexibility index (Phi) is 9.05. The van der Waals surface area contributed by atoms with E-state index in [2.05, 4.69) is 15.5 Å². The van der Waals surface area contributed by atoms with Gasteiger partial charge in [-0.2, -0.15) is 0 Å². The highest BCUT2D eigenvalue weighted by Gasteiger charge is 2.20. The molecule has 0 saturated carbocycles. The number of rotatable bonds is 7. The highest BCUT2D eigenvalue weighted by atomic mass is 35.5. The van der Waals surface area contributed by atoms with Crippen molar-refractivity contribution in [1.29, 1.82) is 0 Å². The number of nitrogens with one attached hydrogen (secondary N) is 2. The molecule has 1 saturated heterocycles. The molecular weight excluding hydrogens is 352 g/mol. The summed E-state index contributed by atoms with van der Waals surface area (Å²) in [7, 11) is 0. The van der Waals surface area contributed by atoms with Gasteiger partial charge in [0, 0.05) is 43.7 Å². The number of nitro groups is 1. The molecule has 1 aromatic carbocycles. The fourth-order valence-corrected chi connectivity index (χ4v) is 2.96. The van der Waals surface area contributed by atoms with Crippen molar-refractivity contribution in [2.45, 2.75) is 11.3 Å². The van der Waals surface area contributed by atoms with E-state index in [9.17, 15) is 14.9 Å². The predicted molar refractivity (Wildman–Crippen MR) is 98.4 cm³/mol. The van der Waals surface area contributed by atoms with E-state index in [-0.39, 0.29) is 29.6 Å². The molecule has 1 amide bonds. The Labute approximate surface area is 152 Å². The van der Waals surface area contributed by atoms with Crippen molar-refractivity contribution in [2.24, 2.45) is 0 Å². The Morgan fingerprint density at radius 2 is 2.12 bits per heavy atom. The number of thioether (sulfide) groups is 1. The number of nitro benzene ring substituents is 1. The van der Waals surface area contributed by atoms with E-state index in [1.54, 1.807) is 12.1 Å². The molecule has 0 spiro atoms. The van der Waals surface area contributed by atoms with Crippen LogP contribution in [0.2, 0.25) is 0 Å². The van der Waals surface area contributed by atoms with Crippen molar-refractivity contribution in [2.75, 3.05) is 45.5 Å². The summed E-state index contributed by atoms with van der Waals surface area (Å²) in [6, 6.07) is 4.62. The van der Waals surface area contributed by atoms with Crippen molar-refractivity contribution in [3.05, 3.63) is 33.9 Å². The molecule has 1 fully saturated rings. The van der Waals surface area contributed by atoms with Crippen molar-refractivity contribution in [1.82, 2.24) is 15.5 Å². The third kappa shape index (κ3) is 5.94.